The topological polar surface area (TPSA) is 110 Å². The fraction of sp³-hybridized carbons (Fsp3) is 0.609. The minimum absolute atomic E-state index is 0.00215. The highest BCUT2D eigenvalue weighted by Crippen LogP contribution is 2.25. The molecule has 0 saturated carbocycles. The molecule has 1 N–H and O–H groups in total. The van der Waals surface area contributed by atoms with Gasteiger partial charge in [-0.1, -0.05) is 19.0 Å². The molecule has 0 spiro atoms. The van der Waals surface area contributed by atoms with Crippen molar-refractivity contribution in [2.75, 3.05) is 13.1 Å². The molecule has 0 bridgehead atoms. The summed E-state index contributed by atoms with van der Waals surface area (Å²) >= 11 is 0. The quantitative estimate of drug-likeness (QED) is 0.761. The first kappa shape index (κ1) is 22.2. The Morgan fingerprint density at radius 3 is 2.72 bits per heavy atom. The van der Waals surface area contributed by atoms with Crippen LogP contribution < -0.4 is 10.9 Å². The van der Waals surface area contributed by atoms with E-state index in [4.69, 9.17) is 9.51 Å². The molecule has 4 heterocycles. The van der Waals surface area contributed by atoms with E-state index in [9.17, 15) is 14.4 Å². The van der Waals surface area contributed by atoms with Gasteiger partial charge in [-0.2, -0.15) is 0 Å². The summed E-state index contributed by atoms with van der Waals surface area (Å²) in [5.74, 6) is 1.38. The summed E-state index contributed by atoms with van der Waals surface area (Å²) in [5, 5.41) is 6.86. The summed E-state index contributed by atoms with van der Waals surface area (Å²) in [6.07, 6.45) is 3.52. The fourth-order valence-corrected chi connectivity index (χ4v) is 4.71. The molecule has 4 rings (SSSR count). The summed E-state index contributed by atoms with van der Waals surface area (Å²) in [6.45, 7) is 8.61. The van der Waals surface area contributed by atoms with E-state index in [0.717, 1.165) is 30.8 Å². The Bertz CT molecular complexity index is 1080. The van der Waals surface area contributed by atoms with Crippen molar-refractivity contribution in [3.8, 4) is 0 Å². The van der Waals surface area contributed by atoms with E-state index in [-0.39, 0.29) is 35.9 Å². The standard InChI is InChI=1S/C23H31N5O4/c1-13(2)10-20(29)24-11-16-6-5-7-19-25-18-8-9-27(12-17(18)22(30)28(16)19)23(31)21-14(3)26-32-15(21)4/h13,16H,5-12H2,1-4H3,(H,24,29)/t16-/m1/s1. The van der Waals surface area contributed by atoms with Crippen LogP contribution in [0.4, 0.5) is 0 Å². The number of nitrogens with one attached hydrogen (secondary N) is 1. The summed E-state index contributed by atoms with van der Waals surface area (Å²) in [5.41, 5.74) is 2.28. The van der Waals surface area contributed by atoms with Gasteiger partial charge in [-0.15, -0.1) is 0 Å². The highest BCUT2D eigenvalue weighted by molar-refractivity contribution is 5.96. The number of amides is 2. The predicted molar refractivity (Wildman–Crippen MR) is 117 cm³/mol. The Hall–Kier alpha value is -2.97. The first-order chi connectivity index (χ1) is 15.3. The third kappa shape index (κ3) is 4.20. The SMILES string of the molecule is Cc1noc(C)c1C(=O)N1CCc2nc3n(c(=O)c2C1)[C@@H](CNC(=O)CC(C)C)CCC3. The lowest BCUT2D eigenvalue weighted by Gasteiger charge is -2.32. The lowest BCUT2D eigenvalue weighted by molar-refractivity contribution is -0.121. The van der Waals surface area contributed by atoms with Crippen LogP contribution in [0, 0.1) is 19.8 Å². The molecule has 2 aromatic heterocycles. The zero-order valence-corrected chi connectivity index (χ0v) is 19.2. The second-order valence-corrected chi connectivity index (χ2v) is 9.25. The minimum atomic E-state index is -0.175. The number of aromatic nitrogens is 3. The lowest BCUT2D eigenvalue weighted by atomic mass is 10.00. The van der Waals surface area contributed by atoms with Crippen LogP contribution in [-0.4, -0.2) is 44.5 Å². The van der Waals surface area contributed by atoms with Gasteiger partial charge in [-0.25, -0.2) is 4.98 Å². The van der Waals surface area contributed by atoms with Crippen molar-refractivity contribution < 1.29 is 14.1 Å². The van der Waals surface area contributed by atoms with Crippen LogP contribution in [0.3, 0.4) is 0 Å². The Balaban J connectivity index is 1.59. The summed E-state index contributed by atoms with van der Waals surface area (Å²) in [6, 6.07) is -0.117. The zero-order chi connectivity index (χ0) is 23.0. The molecule has 0 unspecified atom stereocenters. The van der Waals surface area contributed by atoms with E-state index in [1.54, 1.807) is 23.3 Å². The van der Waals surface area contributed by atoms with Gasteiger partial charge in [0.1, 0.15) is 17.1 Å². The summed E-state index contributed by atoms with van der Waals surface area (Å²) in [4.78, 5) is 45.2. The number of carbonyl (C=O) groups excluding carboxylic acids is 2. The van der Waals surface area contributed by atoms with E-state index in [0.29, 0.717) is 48.5 Å². The Labute approximate surface area is 187 Å². The number of carbonyl (C=O) groups is 2. The molecule has 2 amide bonds. The largest absolute Gasteiger partial charge is 0.361 e. The average molecular weight is 442 g/mol. The van der Waals surface area contributed by atoms with Gasteiger partial charge in [0.2, 0.25) is 5.91 Å². The molecule has 9 nitrogen and oxygen atoms in total. The monoisotopic (exact) mass is 441 g/mol. The summed E-state index contributed by atoms with van der Waals surface area (Å²) in [7, 11) is 0. The number of aryl methyl sites for hydroxylation is 3. The molecule has 2 aliphatic rings. The Morgan fingerprint density at radius 1 is 1.25 bits per heavy atom. The maximum atomic E-state index is 13.5. The highest BCUT2D eigenvalue weighted by atomic mass is 16.5. The second kappa shape index (κ2) is 8.88. The number of hydrogen-bond acceptors (Lipinski definition) is 6. The lowest BCUT2D eigenvalue weighted by Crippen LogP contribution is -2.45. The molecule has 172 valence electrons. The van der Waals surface area contributed by atoms with Gasteiger partial charge in [-0.3, -0.25) is 19.0 Å². The molecule has 0 radical (unpaired) electrons. The van der Waals surface area contributed by atoms with E-state index in [1.807, 2.05) is 13.8 Å². The van der Waals surface area contributed by atoms with E-state index in [1.165, 1.54) is 0 Å². The highest BCUT2D eigenvalue weighted by Gasteiger charge is 2.32. The van der Waals surface area contributed by atoms with Gasteiger partial charge in [0, 0.05) is 32.4 Å². The molecule has 1 atom stereocenters. The van der Waals surface area contributed by atoms with E-state index in [2.05, 4.69) is 10.5 Å². The molecule has 9 heteroatoms. The van der Waals surface area contributed by atoms with Gasteiger partial charge < -0.3 is 14.7 Å². The van der Waals surface area contributed by atoms with Crippen LogP contribution in [0.25, 0.3) is 0 Å². The molecule has 2 aliphatic heterocycles. The third-order valence-corrected chi connectivity index (χ3v) is 6.30. The zero-order valence-electron chi connectivity index (χ0n) is 19.2. The van der Waals surface area contributed by atoms with E-state index >= 15 is 0 Å². The van der Waals surface area contributed by atoms with E-state index < -0.39 is 0 Å². The van der Waals surface area contributed by atoms with Gasteiger partial charge >= 0.3 is 0 Å². The van der Waals surface area contributed by atoms with Crippen molar-refractivity contribution in [2.24, 2.45) is 5.92 Å². The van der Waals surface area contributed by atoms with Crippen LogP contribution in [0.2, 0.25) is 0 Å². The first-order valence-electron chi connectivity index (χ1n) is 11.4. The van der Waals surface area contributed by atoms with Gasteiger partial charge in [0.25, 0.3) is 11.5 Å². The molecule has 0 aliphatic carbocycles. The van der Waals surface area contributed by atoms with Gasteiger partial charge in [-0.05, 0) is 32.6 Å². The molecule has 0 fully saturated rings. The maximum Gasteiger partial charge on any atom is 0.259 e. The summed E-state index contributed by atoms with van der Waals surface area (Å²) < 4.78 is 6.90. The molecule has 32 heavy (non-hydrogen) atoms. The van der Waals surface area contributed by atoms with Crippen LogP contribution in [0.5, 0.6) is 0 Å². The fourth-order valence-electron chi connectivity index (χ4n) is 4.71. The first-order valence-corrected chi connectivity index (χ1v) is 11.4. The Morgan fingerprint density at radius 2 is 2.03 bits per heavy atom. The minimum Gasteiger partial charge on any atom is -0.361 e. The van der Waals surface area contributed by atoms with Crippen molar-refractivity contribution in [3.05, 3.63) is 44.5 Å². The van der Waals surface area contributed by atoms with Gasteiger partial charge in [0.05, 0.1) is 29.5 Å². The second-order valence-electron chi connectivity index (χ2n) is 9.25. The van der Waals surface area contributed by atoms with Crippen molar-refractivity contribution in [1.82, 2.24) is 24.9 Å². The number of fused-ring (bicyclic) bond motifs is 2. The number of nitrogens with zero attached hydrogens (tertiary/aromatic N) is 4. The van der Waals surface area contributed by atoms with Crippen LogP contribution in [0.15, 0.2) is 9.32 Å². The Kier molecular flexibility index (Phi) is 6.17. The predicted octanol–water partition coefficient (Wildman–Crippen LogP) is 2.09. The molecule has 0 aromatic carbocycles. The number of hydrogen-bond donors (Lipinski definition) is 1. The molecular formula is C23H31N5O4. The van der Waals surface area contributed by atoms with Crippen molar-refractivity contribution in [2.45, 2.75) is 72.4 Å². The number of rotatable bonds is 5. The smallest absolute Gasteiger partial charge is 0.259 e. The normalized spacial score (nSPS) is 17.8. The molecule has 2 aromatic rings. The maximum absolute atomic E-state index is 13.5. The third-order valence-electron chi connectivity index (χ3n) is 6.30. The van der Waals surface area contributed by atoms with Crippen LogP contribution in [0.1, 0.15) is 78.0 Å². The van der Waals surface area contributed by atoms with Crippen molar-refractivity contribution in [3.63, 3.8) is 0 Å². The molecule has 0 saturated heterocycles. The average Bonchev–Trinajstić information content (AvgIpc) is 3.09. The van der Waals surface area contributed by atoms with Crippen molar-refractivity contribution in [1.29, 1.82) is 0 Å². The van der Waals surface area contributed by atoms with Crippen molar-refractivity contribution >= 4 is 11.8 Å². The van der Waals surface area contributed by atoms with Crippen LogP contribution in [-0.2, 0) is 24.2 Å². The molecular weight excluding hydrogens is 410 g/mol. The van der Waals surface area contributed by atoms with Gasteiger partial charge in [0.15, 0.2) is 0 Å². The van der Waals surface area contributed by atoms with Crippen LogP contribution >= 0.6 is 0 Å².